The van der Waals surface area contributed by atoms with Crippen LogP contribution in [0.1, 0.15) is 30.9 Å². The molecule has 26 heavy (non-hydrogen) atoms. The van der Waals surface area contributed by atoms with Gasteiger partial charge in [-0.05, 0) is 48.4 Å². The number of thiophene rings is 1. The first kappa shape index (κ1) is 15.6. The van der Waals surface area contributed by atoms with Gasteiger partial charge in [0.15, 0.2) is 0 Å². The predicted octanol–water partition coefficient (Wildman–Crippen LogP) is 5.49. The lowest BCUT2D eigenvalue weighted by Gasteiger charge is -2.23. The third kappa shape index (κ3) is 2.42. The summed E-state index contributed by atoms with van der Waals surface area (Å²) >= 11 is 1.72. The van der Waals surface area contributed by atoms with E-state index in [4.69, 9.17) is 4.74 Å². The van der Waals surface area contributed by atoms with Crippen LogP contribution < -0.4 is 0 Å². The van der Waals surface area contributed by atoms with Gasteiger partial charge in [0.2, 0.25) is 6.19 Å². The van der Waals surface area contributed by atoms with Gasteiger partial charge < -0.3 is 4.74 Å². The topological polar surface area (TPSA) is 50.8 Å². The van der Waals surface area contributed by atoms with Crippen molar-refractivity contribution in [3.8, 4) is 16.8 Å². The fraction of sp³-hybridized carbons (Fsp3) is 0.238. The third-order valence-electron chi connectivity index (χ3n) is 5.02. The molecular formula is C21H17N3OS. The van der Waals surface area contributed by atoms with Crippen molar-refractivity contribution in [1.29, 1.82) is 5.26 Å². The molecule has 1 saturated heterocycles. The van der Waals surface area contributed by atoms with Gasteiger partial charge >= 0.3 is 0 Å². The number of benzene rings is 2. The largest absolute Gasteiger partial charge is 0.374 e. The minimum absolute atomic E-state index is 0.0805. The second kappa shape index (κ2) is 6.24. The maximum Gasteiger partial charge on any atom is 0.206 e. The summed E-state index contributed by atoms with van der Waals surface area (Å²) in [6.45, 7) is 0.797. The van der Waals surface area contributed by atoms with Gasteiger partial charge in [0, 0.05) is 16.7 Å². The van der Waals surface area contributed by atoms with Crippen LogP contribution >= 0.6 is 11.3 Å². The Balaban J connectivity index is 1.77. The summed E-state index contributed by atoms with van der Waals surface area (Å²) in [5.41, 5.74) is 2.88. The van der Waals surface area contributed by atoms with Gasteiger partial charge in [0.1, 0.15) is 5.69 Å². The van der Waals surface area contributed by atoms with E-state index in [1.54, 1.807) is 11.3 Å². The minimum Gasteiger partial charge on any atom is -0.374 e. The molecule has 0 N–H and O–H groups in total. The van der Waals surface area contributed by atoms with Gasteiger partial charge in [-0.3, -0.25) is 0 Å². The van der Waals surface area contributed by atoms with Crippen molar-refractivity contribution in [2.75, 3.05) is 6.61 Å². The van der Waals surface area contributed by atoms with E-state index in [1.807, 2.05) is 18.2 Å². The summed E-state index contributed by atoms with van der Waals surface area (Å²) in [5, 5.41) is 16.5. The molecule has 0 bridgehead atoms. The van der Waals surface area contributed by atoms with E-state index >= 15 is 0 Å². The maximum absolute atomic E-state index is 9.56. The second-order valence-electron chi connectivity index (χ2n) is 6.61. The highest BCUT2D eigenvalue weighted by atomic mass is 32.1. The molecule has 4 nitrogen and oxygen atoms in total. The summed E-state index contributed by atoms with van der Waals surface area (Å²) in [6, 6.07) is 16.6. The molecule has 0 aliphatic carbocycles. The highest BCUT2D eigenvalue weighted by Gasteiger charge is 2.24. The van der Waals surface area contributed by atoms with Crippen LogP contribution in [0.25, 0.3) is 31.6 Å². The minimum atomic E-state index is 0.0805. The Labute approximate surface area is 155 Å². The van der Waals surface area contributed by atoms with Crippen molar-refractivity contribution in [2.45, 2.75) is 25.4 Å². The maximum atomic E-state index is 9.56. The molecular weight excluding hydrogens is 342 g/mol. The zero-order valence-electron chi connectivity index (χ0n) is 14.2. The third-order valence-corrected chi connectivity index (χ3v) is 6.14. The van der Waals surface area contributed by atoms with E-state index in [0.717, 1.165) is 46.5 Å². The van der Waals surface area contributed by atoms with Crippen LogP contribution in [0.5, 0.6) is 0 Å². The number of hydrogen-bond acceptors (Lipinski definition) is 4. The molecule has 4 aromatic rings. The fourth-order valence-corrected chi connectivity index (χ4v) is 4.85. The quantitative estimate of drug-likeness (QED) is 0.475. The first-order valence-corrected chi connectivity index (χ1v) is 9.69. The van der Waals surface area contributed by atoms with Crippen LogP contribution in [0.4, 0.5) is 0 Å². The van der Waals surface area contributed by atoms with Gasteiger partial charge in [0.05, 0.1) is 16.5 Å². The zero-order chi connectivity index (χ0) is 17.5. The van der Waals surface area contributed by atoms with Crippen molar-refractivity contribution in [3.05, 3.63) is 54.1 Å². The van der Waals surface area contributed by atoms with E-state index in [2.05, 4.69) is 41.6 Å². The number of hydrogen-bond donors (Lipinski definition) is 0. The molecule has 2 aromatic heterocycles. The van der Waals surface area contributed by atoms with Crippen LogP contribution in [0.15, 0.2) is 48.5 Å². The summed E-state index contributed by atoms with van der Waals surface area (Å²) in [6.07, 6.45) is 5.58. The molecule has 3 heterocycles. The molecule has 5 rings (SSSR count). The van der Waals surface area contributed by atoms with Crippen molar-refractivity contribution < 1.29 is 4.74 Å². The fourth-order valence-electron chi connectivity index (χ4n) is 3.80. The predicted molar refractivity (Wildman–Crippen MR) is 104 cm³/mol. The summed E-state index contributed by atoms with van der Waals surface area (Å²) in [7, 11) is 0. The normalized spacial score (nSPS) is 17.6. The zero-order valence-corrected chi connectivity index (χ0v) is 15.0. The lowest BCUT2D eigenvalue weighted by atomic mass is 9.96. The lowest BCUT2D eigenvalue weighted by Crippen LogP contribution is -2.11. The Hall–Kier alpha value is -2.68. The van der Waals surface area contributed by atoms with Gasteiger partial charge in [-0.2, -0.15) is 15.0 Å². The average molecular weight is 359 g/mol. The van der Waals surface area contributed by atoms with Crippen molar-refractivity contribution >= 4 is 32.3 Å². The SMILES string of the molecule is N#Cn1nc(-c2cc3ccccc3s2)c2c(C3CCCCO3)cccc21. The molecule has 0 amide bonds. The van der Waals surface area contributed by atoms with Crippen molar-refractivity contribution in [2.24, 2.45) is 0 Å². The van der Waals surface area contributed by atoms with Crippen molar-refractivity contribution in [3.63, 3.8) is 0 Å². The highest BCUT2D eigenvalue weighted by molar-refractivity contribution is 7.22. The molecule has 1 atom stereocenters. The van der Waals surface area contributed by atoms with Crippen molar-refractivity contribution in [1.82, 2.24) is 9.78 Å². The van der Waals surface area contributed by atoms with Gasteiger partial charge in [-0.25, -0.2) is 0 Å². The summed E-state index contributed by atoms with van der Waals surface area (Å²) < 4.78 is 8.71. The summed E-state index contributed by atoms with van der Waals surface area (Å²) in [4.78, 5) is 1.09. The molecule has 5 heteroatoms. The number of aromatic nitrogens is 2. The second-order valence-corrected chi connectivity index (χ2v) is 7.69. The van der Waals surface area contributed by atoms with Crippen LogP contribution in [-0.2, 0) is 4.74 Å². The standard InChI is InChI=1S/C21H17N3OS/c22-13-24-16-8-5-7-15(17-9-3-4-11-25-17)20(16)21(23-24)19-12-14-6-1-2-10-18(14)26-19/h1-2,5-8,10,12,17H,3-4,9,11H2. The first-order valence-electron chi connectivity index (χ1n) is 8.87. The lowest BCUT2D eigenvalue weighted by molar-refractivity contribution is 0.0159. The Bertz CT molecular complexity index is 1110. The average Bonchev–Trinajstić information content (AvgIpc) is 3.29. The Morgan fingerprint density at radius 3 is 2.88 bits per heavy atom. The Morgan fingerprint density at radius 1 is 1.15 bits per heavy atom. The smallest absolute Gasteiger partial charge is 0.206 e. The molecule has 128 valence electrons. The molecule has 1 aliphatic rings. The molecule has 0 radical (unpaired) electrons. The number of rotatable bonds is 2. The van der Waals surface area contributed by atoms with Crippen LogP contribution in [0.3, 0.4) is 0 Å². The van der Waals surface area contributed by atoms with E-state index in [9.17, 15) is 5.26 Å². The van der Waals surface area contributed by atoms with Crippen LogP contribution in [-0.4, -0.2) is 16.4 Å². The van der Waals surface area contributed by atoms with Crippen LogP contribution in [0, 0.1) is 11.5 Å². The molecule has 2 aromatic carbocycles. The number of fused-ring (bicyclic) bond motifs is 2. The summed E-state index contributed by atoms with van der Waals surface area (Å²) in [5.74, 6) is 0. The first-order chi connectivity index (χ1) is 12.8. The van der Waals surface area contributed by atoms with E-state index in [-0.39, 0.29) is 6.10 Å². The van der Waals surface area contributed by atoms with Gasteiger partial charge in [-0.1, -0.05) is 30.3 Å². The molecule has 1 unspecified atom stereocenters. The molecule has 0 saturated carbocycles. The molecule has 0 spiro atoms. The van der Waals surface area contributed by atoms with Gasteiger partial charge in [-0.15, -0.1) is 11.3 Å². The molecule has 1 fully saturated rings. The Kier molecular flexibility index (Phi) is 3.74. The number of nitrogens with zero attached hydrogens (tertiary/aromatic N) is 3. The molecule has 1 aliphatic heterocycles. The van der Waals surface area contributed by atoms with E-state index in [0.29, 0.717) is 0 Å². The van der Waals surface area contributed by atoms with Gasteiger partial charge in [0.25, 0.3) is 0 Å². The van der Waals surface area contributed by atoms with Crippen LogP contribution in [0.2, 0.25) is 0 Å². The van der Waals surface area contributed by atoms with E-state index in [1.165, 1.54) is 21.2 Å². The van der Waals surface area contributed by atoms with E-state index < -0.39 is 0 Å². The number of ether oxygens (including phenoxy) is 1. The Morgan fingerprint density at radius 2 is 2.08 bits per heavy atom. The monoisotopic (exact) mass is 359 g/mol. The highest BCUT2D eigenvalue weighted by Crippen LogP contribution is 2.41. The number of nitriles is 1.